The number of guanidine groups is 1. The van der Waals surface area contributed by atoms with Crippen LogP contribution in [0, 0.1) is 0 Å². The molecule has 0 aromatic heterocycles. The molecule has 0 saturated carbocycles. The maximum atomic E-state index is 12.6. The van der Waals surface area contributed by atoms with Gasteiger partial charge in [-0.05, 0) is 38.0 Å². The first-order chi connectivity index (χ1) is 13.1. The van der Waals surface area contributed by atoms with E-state index in [1.807, 2.05) is 36.1 Å². The van der Waals surface area contributed by atoms with E-state index in [9.17, 15) is 4.79 Å². The molecule has 0 unspecified atom stereocenters. The summed E-state index contributed by atoms with van der Waals surface area (Å²) in [5.41, 5.74) is 0.958. The zero-order valence-electron chi connectivity index (χ0n) is 16.8. The SMILES string of the molecule is CCNC(=NCCCOCC)N1CCN(C(=O)Cc2cccc(Cl)c2)CC1.I. The molecule has 1 aliphatic rings. The summed E-state index contributed by atoms with van der Waals surface area (Å²) in [5, 5.41) is 4.02. The van der Waals surface area contributed by atoms with Gasteiger partial charge in [-0.1, -0.05) is 23.7 Å². The summed E-state index contributed by atoms with van der Waals surface area (Å²) in [6, 6.07) is 7.50. The molecular formula is C20H32ClIN4O2. The maximum Gasteiger partial charge on any atom is 0.227 e. The molecule has 0 aliphatic carbocycles. The van der Waals surface area contributed by atoms with Crippen LogP contribution in [0.15, 0.2) is 29.3 Å². The minimum atomic E-state index is 0. The van der Waals surface area contributed by atoms with Crippen LogP contribution in [-0.4, -0.2) is 74.1 Å². The van der Waals surface area contributed by atoms with Gasteiger partial charge in [-0.2, -0.15) is 0 Å². The lowest BCUT2D eigenvalue weighted by molar-refractivity contribution is -0.131. The Balaban J connectivity index is 0.00000392. The molecule has 6 nitrogen and oxygen atoms in total. The first-order valence-electron chi connectivity index (χ1n) is 9.77. The number of carbonyl (C=O) groups is 1. The summed E-state index contributed by atoms with van der Waals surface area (Å²) < 4.78 is 5.36. The van der Waals surface area contributed by atoms with Crippen LogP contribution >= 0.6 is 35.6 Å². The minimum Gasteiger partial charge on any atom is -0.382 e. The van der Waals surface area contributed by atoms with E-state index in [0.29, 0.717) is 24.5 Å². The predicted molar refractivity (Wildman–Crippen MR) is 126 cm³/mol. The second kappa shape index (κ2) is 14.0. The third-order valence-corrected chi connectivity index (χ3v) is 4.66. The monoisotopic (exact) mass is 522 g/mol. The third kappa shape index (κ3) is 8.53. The number of benzene rings is 1. The third-order valence-electron chi connectivity index (χ3n) is 4.42. The first kappa shape index (κ1) is 25.0. The van der Waals surface area contributed by atoms with Crippen LogP contribution in [0.4, 0.5) is 0 Å². The Labute approximate surface area is 190 Å². The number of hydrogen-bond acceptors (Lipinski definition) is 3. The highest BCUT2D eigenvalue weighted by Gasteiger charge is 2.23. The fraction of sp³-hybridized carbons (Fsp3) is 0.600. The van der Waals surface area contributed by atoms with Gasteiger partial charge in [0.05, 0.1) is 6.42 Å². The lowest BCUT2D eigenvalue weighted by atomic mass is 10.1. The fourth-order valence-corrected chi connectivity index (χ4v) is 3.24. The van der Waals surface area contributed by atoms with Crippen molar-refractivity contribution in [1.82, 2.24) is 15.1 Å². The zero-order valence-corrected chi connectivity index (χ0v) is 19.9. The normalized spacial score (nSPS) is 14.6. The topological polar surface area (TPSA) is 57.2 Å². The van der Waals surface area contributed by atoms with Crippen molar-refractivity contribution in [3.63, 3.8) is 0 Å². The van der Waals surface area contributed by atoms with E-state index >= 15 is 0 Å². The number of amides is 1. The lowest BCUT2D eigenvalue weighted by Crippen LogP contribution is -2.54. The number of nitrogens with zero attached hydrogens (tertiary/aromatic N) is 3. The zero-order chi connectivity index (χ0) is 19.5. The molecule has 2 rings (SSSR count). The molecule has 1 aromatic rings. The van der Waals surface area contributed by atoms with Crippen molar-refractivity contribution < 1.29 is 9.53 Å². The standard InChI is InChI=1S/C20H31ClN4O2.HI/c1-3-22-20(23-9-6-14-27-4-2)25-12-10-24(11-13-25)19(26)16-17-7-5-8-18(21)15-17;/h5,7-8,15H,3-4,6,9-14,16H2,1-2H3,(H,22,23);1H. The average molecular weight is 523 g/mol. The van der Waals surface area contributed by atoms with Crippen molar-refractivity contribution in [1.29, 1.82) is 0 Å². The number of ether oxygens (including phenoxy) is 1. The second-order valence-corrected chi connectivity index (χ2v) is 6.90. The number of piperazine rings is 1. The summed E-state index contributed by atoms with van der Waals surface area (Å²) >= 11 is 6.01. The van der Waals surface area contributed by atoms with Crippen molar-refractivity contribution >= 4 is 47.4 Å². The number of aliphatic imine (C=N–C) groups is 1. The molecule has 0 radical (unpaired) electrons. The summed E-state index contributed by atoms with van der Waals surface area (Å²) in [6.07, 6.45) is 1.31. The Morgan fingerprint density at radius 2 is 1.93 bits per heavy atom. The number of nitrogens with one attached hydrogen (secondary N) is 1. The van der Waals surface area contributed by atoms with Crippen molar-refractivity contribution in [3.05, 3.63) is 34.9 Å². The molecule has 8 heteroatoms. The Morgan fingerprint density at radius 3 is 2.57 bits per heavy atom. The van der Waals surface area contributed by atoms with E-state index in [2.05, 4.69) is 22.1 Å². The number of rotatable bonds is 8. The molecule has 1 fully saturated rings. The molecule has 28 heavy (non-hydrogen) atoms. The van der Waals surface area contributed by atoms with E-state index in [1.54, 1.807) is 0 Å². The molecular weight excluding hydrogens is 491 g/mol. The summed E-state index contributed by atoms with van der Waals surface area (Å²) in [6.45, 7) is 10.1. The molecule has 1 amide bonds. The van der Waals surface area contributed by atoms with E-state index in [-0.39, 0.29) is 29.9 Å². The van der Waals surface area contributed by atoms with Crippen LogP contribution in [0.1, 0.15) is 25.8 Å². The van der Waals surface area contributed by atoms with E-state index < -0.39 is 0 Å². The second-order valence-electron chi connectivity index (χ2n) is 6.46. The Bertz CT molecular complexity index is 622. The summed E-state index contributed by atoms with van der Waals surface area (Å²) in [7, 11) is 0. The highest BCUT2D eigenvalue weighted by Crippen LogP contribution is 2.13. The number of carbonyl (C=O) groups excluding carboxylic acids is 1. The van der Waals surface area contributed by atoms with Gasteiger partial charge in [0.2, 0.25) is 5.91 Å². The molecule has 1 N–H and O–H groups in total. The average Bonchev–Trinajstić information content (AvgIpc) is 2.67. The molecule has 0 bridgehead atoms. The van der Waals surface area contributed by atoms with Crippen molar-refractivity contribution in [2.75, 3.05) is 52.5 Å². The molecule has 1 saturated heterocycles. The molecule has 1 aliphatic heterocycles. The lowest BCUT2D eigenvalue weighted by Gasteiger charge is -2.36. The maximum absolute atomic E-state index is 12.6. The number of halogens is 2. The van der Waals surface area contributed by atoms with Crippen molar-refractivity contribution in [2.24, 2.45) is 4.99 Å². The summed E-state index contributed by atoms with van der Waals surface area (Å²) in [4.78, 5) is 21.4. The van der Waals surface area contributed by atoms with Crippen LogP contribution in [0.2, 0.25) is 5.02 Å². The van der Waals surface area contributed by atoms with Crippen LogP contribution in [0.3, 0.4) is 0 Å². The molecule has 158 valence electrons. The minimum absolute atomic E-state index is 0. The van der Waals surface area contributed by atoms with Gasteiger partial charge in [0, 0.05) is 57.5 Å². The quantitative estimate of drug-likeness (QED) is 0.247. The van der Waals surface area contributed by atoms with Crippen LogP contribution in [-0.2, 0) is 16.0 Å². The van der Waals surface area contributed by atoms with E-state index in [1.165, 1.54) is 0 Å². The van der Waals surface area contributed by atoms with E-state index in [4.69, 9.17) is 16.3 Å². The van der Waals surface area contributed by atoms with E-state index in [0.717, 1.165) is 57.3 Å². The van der Waals surface area contributed by atoms with Gasteiger partial charge < -0.3 is 19.9 Å². The van der Waals surface area contributed by atoms with Gasteiger partial charge in [-0.15, -0.1) is 24.0 Å². The highest BCUT2D eigenvalue weighted by molar-refractivity contribution is 14.0. The Kier molecular flexibility index (Phi) is 12.5. The molecule has 1 aromatic carbocycles. The van der Waals surface area contributed by atoms with Crippen LogP contribution in [0.5, 0.6) is 0 Å². The first-order valence-corrected chi connectivity index (χ1v) is 10.1. The van der Waals surface area contributed by atoms with Crippen LogP contribution in [0.25, 0.3) is 0 Å². The largest absolute Gasteiger partial charge is 0.382 e. The van der Waals surface area contributed by atoms with Gasteiger partial charge in [0.15, 0.2) is 5.96 Å². The van der Waals surface area contributed by atoms with Gasteiger partial charge in [-0.25, -0.2) is 0 Å². The predicted octanol–water partition coefficient (Wildman–Crippen LogP) is 3.04. The van der Waals surface area contributed by atoms with Crippen LogP contribution < -0.4 is 5.32 Å². The van der Waals surface area contributed by atoms with Gasteiger partial charge in [0.25, 0.3) is 0 Å². The molecule has 0 spiro atoms. The van der Waals surface area contributed by atoms with Crippen molar-refractivity contribution in [2.45, 2.75) is 26.7 Å². The Hall–Kier alpha value is -1.06. The fourth-order valence-electron chi connectivity index (χ4n) is 3.02. The Morgan fingerprint density at radius 1 is 1.21 bits per heavy atom. The van der Waals surface area contributed by atoms with Crippen molar-refractivity contribution in [3.8, 4) is 0 Å². The van der Waals surface area contributed by atoms with Gasteiger partial charge in [-0.3, -0.25) is 9.79 Å². The smallest absolute Gasteiger partial charge is 0.227 e. The summed E-state index contributed by atoms with van der Waals surface area (Å²) in [5.74, 6) is 1.08. The van der Waals surface area contributed by atoms with Gasteiger partial charge >= 0.3 is 0 Å². The molecule has 0 atom stereocenters. The van der Waals surface area contributed by atoms with Gasteiger partial charge in [0.1, 0.15) is 0 Å². The molecule has 1 heterocycles. The highest BCUT2D eigenvalue weighted by atomic mass is 127. The number of hydrogen-bond donors (Lipinski definition) is 1.